The van der Waals surface area contributed by atoms with Crippen LogP contribution in [0.15, 0.2) is 12.2 Å². The summed E-state index contributed by atoms with van der Waals surface area (Å²) in [5.41, 5.74) is 1.30. The van der Waals surface area contributed by atoms with Crippen molar-refractivity contribution in [2.24, 2.45) is 23.7 Å². The average Bonchev–Trinajstić information content (AvgIpc) is 2.17. The van der Waals surface area contributed by atoms with Gasteiger partial charge in [-0.1, -0.05) is 19.1 Å². The number of ketones is 1. The second kappa shape index (κ2) is 4.11. The molecule has 0 spiro atoms. The number of carbonyl (C=O) groups excluding carboxylic acids is 1. The summed E-state index contributed by atoms with van der Waals surface area (Å²) in [5.74, 6) is 3.33. The minimum absolute atomic E-state index is 0.483. The molecule has 0 aromatic heterocycles. The lowest BCUT2D eigenvalue weighted by atomic mass is 9.60. The van der Waals surface area contributed by atoms with E-state index in [1.165, 1.54) is 18.4 Å². The molecule has 0 radical (unpaired) electrons. The number of hydrogen-bond donors (Lipinski definition) is 0. The van der Waals surface area contributed by atoms with Crippen molar-refractivity contribution in [3.8, 4) is 0 Å². The monoisotopic (exact) mass is 206 g/mol. The van der Waals surface area contributed by atoms with Crippen LogP contribution >= 0.6 is 0 Å². The fourth-order valence-corrected chi connectivity index (χ4v) is 3.69. The normalized spacial score (nSPS) is 41.1. The molecule has 1 nitrogen and oxygen atoms in total. The van der Waals surface area contributed by atoms with E-state index < -0.39 is 0 Å². The van der Waals surface area contributed by atoms with Crippen molar-refractivity contribution in [3.63, 3.8) is 0 Å². The standard InChI is InChI=1S/C14H22O/c1-9(2)12-6-4-10(3)13-7-5-11(15)8-14(12)13/h10,12-14H,1,4-8H2,2-3H3. The fraction of sp³-hybridized carbons (Fsp3) is 0.786. The van der Waals surface area contributed by atoms with E-state index in [0.29, 0.717) is 17.6 Å². The number of fused-ring (bicyclic) bond motifs is 1. The van der Waals surface area contributed by atoms with E-state index in [1.54, 1.807) is 0 Å². The Kier molecular flexibility index (Phi) is 2.99. The van der Waals surface area contributed by atoms with Gasteiger partial charge in [0.2, 0.25) is 0 Å². The fourth-order valence-electron chi connectivity index (χ4n) is 3.69. The minimum atomic E-state index is 0.483. The molecule has 4 unspecified atom stereocenters. The maximum atomic E-state index is 11.6. The third kappa shape index (κ3) is 2.02. The van der Waals surface area contributed by atoms with Gasteiger partial charge in [0.1, 0.15) is 5.78 Å². The van der Waals surface area contributed by atoms with Crippen LogP contribution in [0.2, 0.25) is 0 Å². The Balaban J connectivity index is 2.17. The smallest absolute Gasteiger partial charge is 0.133 e. The van der Waals surface area contributed by atoms with Gasteiger partial charge < -0.3 is 0 Å². The zero-order valence-corrected chi connectivity index (χ0v) is 9.96. The quantitative estimate of drug-likeness (QED) is 0.599. The van der Waals surface area contributed by atoms with E-state index in [0.717, 1.165) is 31.1 Å². The van der Waals surface area contributed by atoms with E-state index in [4.69, 9.17) is 0 Å². The van der Waals surface area contributed by atoms with Crippen molar-refractivity contribution in [2.45, 2.75) is 46.0 Å². The average molecular weight is 206 g/mol. The largest absolute Gasteiger partial charge is 0.300 e. The van der Waals surface area contributed by atoms with Gasteiger partial charge in [-0.3, -0.25) is 4.79 Å². The predicted molar refractivity (Wildman–Crippen MR) is 62.5 cm³/mol. The van der Waals surface area contributed by atoms with Crippen LogP contribution in [-0.4, -0.2) is 5.78 Å². The van der Waals surface area contributed by atoms with Crippen molar-refractivity contribution >= 4 is 5.78 Å². The molecule has 0 heterocycles. The van der Waals surface area contributed by atoms with E-state index >= 15 is 0 Å². The molecule has 15 heavy (non-hydrogen) atoms. The lowest BCUT2D eigenvalue weighted by Gasteiger charge is -2.44. The first-order valence-electron chi connectivity index (χ1n) is 6.26. The van der Waals surface area contributed by atoms with Crippen molar-refractivity contribution in [1.29, 1.82) is 0 Å². The van der Waals surface area contributed by atoms with Crippen LogP contribution in [0.25, 0.3) is 0 Å². The third-order valence-corrected chi connectivity index (χ3v) is 4.58. The van der Waals surface area contributed by atoms with Crippen LogP contribution in [0.4, 0.5) is 0 Å². The lowest BCUT2D eigenvalue weighted by molar-refractivity contribution is -0.124. The molecule has 4 atom stereocenters. The summed E-state index contributed by atoms with van der Waals surface area (Å²) in [6.45, 7) is 8.61. The van der Waals surface area contributed by atoms with Gasteiger partial charge in [0, 0.05) is 12.8 Å². The van der Waals surface area contributed by atoms with Crippen LogP contribution < -0.4 is 0 Å². The van der Waals surface area contributed by atoms with Crippen LogP contribution in [0.1, 0.15) is 46.0 Å². The molecule has 2 aliphatic rings. The molecule has 2 fully saturated rings. The molecule has 0 aliphatic heterocycles. The Bertz CT molecular complexity index is 279. The Hall–Kier alpha value is -0.590. The molecule has 2 saturated carbocycles. The Labute approximate surface area is 92.9 Å². The van der Waals surface area contributed by atoms with Gasteiger partial charge in [-0.15, -0.1) is 0 Å². The van der Waals surface area contributed by atoms with Crippen molar-refractivity contribution in [3.05, 3.63) is 12.2 Å². The number of rotatable bonds is 1. The molecule has 2 aliphatic carbocycles. The summed E-state index contributed by atoms with van der Waals surface area (Å²) < 4.78 is 0. The number of Topliss-reactive ketones (excluding diaryl/α,β-unsaturated/α-hetero) is 1. The van der Waals surface area contributed by atoms with Gasteiger partial charge in [-0.05, 0) is 49.9 Å². The molecule has 84 valence electrons. The highest BCUT2D eigenvalue weighted by Crippen LogP contribution is 2.47. The number of carbonyl (C=O) groups is 1. The van der Waals surface area contributed by atoms with Gasteiger partial charge in [0.05, 0.1) is 0 Å². The second-order valence-corrected chi connectivity index (χ2v) is 5.62. The van der Waals surface area contributed by atoms with Gasteiger partial charge in [-0.25, -0.2) is 0 Å². The summed E-state index contributed by atoms with van der Waals surface area (Å²) >= 11 is 0. The zero-order valence-electron chi connectivity index (χ0n) is 9.96. The molecule has 0 bridgehead atoms. The van der Waals surface area contributed by atoms with Gasteiger partial charge in [-0.2, -0.15) is 0 Å². The third-order valence-electron chi connectivity index (χ3n) is 4.58. The highest BCUT2D eigenvalue weighted by molar-refractivity contribution is 5.79. The molecule has 0 aromatic rings. The summed E-state index contributed by atoms with van der Waals surface area (Å²) in [7, 11) is 0. The maximum absolute atomic E-state index is 11.6. The molecule has 0 N–H and O–H groups in total. The van der Waals surface area contributed by atoms with E-state index in [2.05, 4.69) is 20.4 Å². The van der Waals surface area contributed by atoms with Gasteiger partial charge in [0.15, 0.2) is 0 Å². The molecule has 0 saturated heterocycles. The maximum Gasteiger partial charge on any atom is 0.133 e. The first-order chi connectivity index (χ1) is 7.09. The first kappa shape index (κ1) is 10.9. The summed E-state index contributed by atoms with van der Waals surface area (Å²) in [6, 6.07) is 0. The predicted octanol–water partition coefficient (Wildman–Crippen LogP) is 3.59. The highest BCUT2D eigenvalue weighted by Gasteiger charge is 2.40. The number of hydrogen-bond acceptors (Lipinski definition) is 1. The van der Waals surface area contributed by atoms with Crippen LogP contribution in [-0.2, 0) is 4.79 Å². The van der Waals surface area contributed by atoms with Gasteiger partial charge >= 0.3 is 0 Å². The Morgan fingerprint density at radius 2 is 2.00 bits per heavy atom. The van der Waals surface area contributed by atoms with Crippen molar-refractivity contribution in [2.75, 3.05) is 0 Å². The van der Waals surface area contributed by atoms with Crippen LogP contribution in [0.3, 0.4) is 0 Å². The van der Waals surface area contributed by atoms with E-state index in [1.807, 2.05) is 0 Å². The Morgan fingerprint density at radius 1 is 1.27 bits per heavy atom. The SMILES string of the molecule is C=C(C)C1CCC(C)C2CCC(=O)CC12. The van der Waals surface area contributed by atoms with Crippen LogP contribution in [0.5, 0.6) is 0 Å². The first-order valence-corrected chi connectivity index (χ1v) is 6.26. The topological polar surface area (TPSA) is 17.1 Å². The molecular formula is C14H22O. The van der Waals surface area contributed by atoms with Crippen molar-refractivity contribution in [1.82, 2.24) is 0 Å². The van der Waals surface area contributed by atoms with Crippen LogP contribution in [0, 0.1) is 23.7 Å². The summed E-state index contributed by atoms with van der Waals surface area (Å²) in [5, 5.41) is 0. The molecular weight excluding hydrogens is 184 g/mol. The molecule has 0 aromatic carbocycles. The summed E-state index contributed by atoms with van der Waals surface area (Å²) in [6.07, 6.45) is 5.37. The zero-order chi connectivity index (χ0) is 11.0. The second-order valence-electron chi connectivity index (χ2n) is 5.62. The highest BCUT2D eigenvalue weighted by atomic mass is 16.1. The lowest BCUT2D eigenvalue weighted by Crippen LogP contribution is -2.38. The molecule has 1 heteroatoms. The van der Waals surface area contributed by atoms with Gasteiger partial charge in [0.25, 0.3) is 0 Å². The van der Waals surface area contributed by atoms with E-state index in [9.17, 15) is 4.79 Å². The van der Waals surface area contributed by atoms with Crippen molar-refractivity contribution < 1.29 is 4.79 Å². The van der Waals surface area contributed by atoms with E-state index in [-0.39, 0.29) is 0 Å². The minimum Gasteiger partial charge on any atom is -0.300 e. The Morgan fingerprint density at radius 3 is 2.67 bits per heavy atom. The molecule has 0 amide bonds. The number of allylic oxidation sites excluding steroid dienone is 1. The summed E-state index contributed by atoms with van der Waals surface area (Å²) in [4.78, 5) is 11.6. The molecule has 2 rings (SSSR count).